The Balaban J connectivity index is 1.85. The van der Waals surface area contributed by atoms with Gasteiger partial charge in [-0.3, -0.25) is 9.59 Å². The van der Waals surface area contributed by atoms with Gasteiger partial charge in [0, 0.05) is 41.9 Å². The van der Waals surface area contributed by atoms with Crippen molar-refractivity contribution in [3.8, 4) is 22.8 Å². The summed E-state index contributed by atoms with van der Waals surface area (Å²) in [7, 11) is 0. The quantitative estimate of drug-likeness (QED) is 0.593. The first-order chi connectivity index (χ1) is 14.3. The molecule has 3 aromatic rings. The Bertz CT molecular complexity index is 1170. The first-order valence-corrected chi connectivity index (χ1v) is 9.63. The summed E-state index contributed by atoms with van der Waals surface area (Å²) in [5.74, 6) is -1.49. The standard InChI is InChI=1S/C23H20F2N2O3/c1-12-22-16(4-3-5-19(22)29)23(26-12)17-11-15(27-13(2)28)7-9-20(17)30-21-8-6-14(24)10-18(21)25/h6-11,26H,3-5H2,1-2H3,(H,27,28). The third-order valence-electron chi connectivity index (χ3n) is 5.08. The maximum absolute atomic E-state index is 14.2. The number of aromatic amines is 1. The number of benzene rings is 2. The number of carbonyl (C=O) groups excluding carboxylic acids is 2. The second-order valence-electron chi connectivity index (χ2n) is 7.32. The minimum Gasteiger partial charge on any atom is -0.454 e. The van der Waals surface area contributed by atoms with Gasteiger partial charge in [0.15, 0.2) is 17.3 Å². The molecule has 0 aliphatic heterocycles. The van der Waals surface area contributed by atoms with Crippen molar-refractivity contribution in [1.29, 1.82) is 0 Å². The number of rotatable bonds is 4. The van der Waals surface area contributed by atoms with Gasteiger partial charge in [-0.05, 0) is 55.7 Å². The van der Waals surface area contributed by atoms with E-state index in [1.165, 1.54) is 13.0 Å². The van der Waals surface area contributed by atoms with Gasteiger partial charge in [-0.25, -0.2) is 8.78 Å². The summed E-state index contributed by atoms with van der Waals surface area (Å²) in [4.78, 5) is 27.2. The topological polar surface area (TPSA) is 71.2 Å². The van der Waals surface area contributed by atoms with Gasteiger partial charge in [0.25, 0.3) is 0 Å². The highest BCUT2D eigenvalue weighted by Gasteiger charge is 2.27. The van der Waals surface area contributed by atoms with Gasteiger partial charge in [-0.15, -0.1) is 0 Å². The molecular weight excluding hydrogens is 390 g/mol. The minimum atomic E-state index is -0.827. The second kappa shape index (κ2) is 7.74. The van der Waals surface area contributed by atoms with E-state index in [-0.39, 0.29) is 17.4 Å². The molecule has 1 aliphatic carbocycles. The van der Waals surface area contributed by atoms with Crippen molar-refractivity contribution in [2.45, 2.75) is 33.1 Å². The highest BCUT2D eigenvalue weighted by atomic mass is 19.1. The monoisotopic (exact) mass is 410 g/mol. The molecule has 1 heterocycles. The predicted octanol–water partition coefficient (Wildman–Crippen LogP) is 5.54. The summed E-state index contributed by atoms with van der Waals surface area (Å²) < 4.78 is 33.2. The molecule has 2 aromatic carbocycles. The Morgan fingerprint density at radius 2 is 1.87 bits per heavy atom. The molecule has 7 heteroatoms. The van der Waals surface area contributed by atoms with Gasteiger partial charge in [-0.2, -0.15) is 0 Å². The van der Waals surface area contributed by atoms with E-state index in [1.54, 1.807) is 18.2 Å². The zero-order chi connectivity index (χ0) is 21.4. The number of ketones is 1. The van der Waals surface area contributed by atoms with Crippen LogP contribution in [0, 0.1) is 18.6 Å². The van der Waals surface area contributed by atoms with E-state index in [2.05, 4.69) is 10.3 Å². The maximum atomic E-state index is 14.2. The number of amides is 1. The fourth-order valence-electron chi connectivity index (χ4n) is 3.86. The number of carbonyl (C=O) groups is 2. The molecule has 1 aliphatic rings. The van der Waals surface area contributed by atoms with E-state index in [0.717, 1.165) is 36.2 Å². The van der Waals surface area contributed by atoms with Crippen molar-refractivity contribution >= 4 is 17.4 Å². The number of hydrogen-bond acceptors (Lipinski definition) is 3. The normalized spacial score (nSPS) is 13.1. The van der Waals surface area contributed by atoms with Crippen LogP contribution in [-0.4, -0.2) is 16.7 Å². The van der Waals surface area contributed by atoms with Crippen LogP contribution in [0.4, 0.5) is 14.5 Å². The second-order valence-corrected chi connectivity index (χ2v) is 7.32. The molecule has 30 heavy (non-hydrogen) atoms. The summed E-state index contributed by atoms with van der Waals surface area (Å²) in [6, 6.07) is 8.03. The minimum absolute atomic E-state index is 0.0845. The molecule has 1 aromatic heterocycles. The first kappa shape index (κ1) is 19.8. The van der Waals surface area contributed by atoms with Gasteiger partial charge in [0.1, 0.15) is 11.6 Å². The molecule has 0 unspecified atom stereocenters. The van der Waals surface area contributed by atoms with Crippen molar-refractivity contribution in [3.63, 3.8) is 0 Å². The molecule has 2 N–H and O–H groups in total. The first-order valence-electron chi connectivity index (χ1n) is 9.63. The Morgan fingerprint density at radius 1 is 1.10 bits per heavy atom. The lowest BCUT2D eigenvalue weighted by Gasteiger charge is -2.16. The number of Topliss-reactive ketones (excluding diaryl/α,β-unsaturated/α-hetero) is 1. The average molecular weight is 410 g/mol. The van der Waals surface area contributed by atoms with Crippen LogP contribution in [0.15, 0.2) is 36.4 Å². The van der Waals surface area contributed by atoms with Crippen LogP contribution in [-0.2, 0) is 11.2 Å². The smallest absolute Gasteiger partial charge is 0.221 e. The number of hydrogen-bond donors (Lipinski definition) is 2. The molecule has 0 saturated heterocycles. The molecule has 5 nitrogen and oxygen atoms in total. The SMILES string of the molecule is CC(=O)Nc1ccc(Oc2ccc(F)cc2F)c(-c2[nH]c(C)c3c2CCCC3=O)c1. The molecule has 0 spiro atoms. The van der Waals surface area contributed by atoms with Crippen molar-refractivity contribution in [3.05, 3.63) is 64.9 Å². The zero-order valence-corrected chi connectivity index (χ0v) is 16.6. The number of halogens is 2. The van der Waals surface area contributed by atoms with Crippen molar-refractivity contribution in [2.75, 3.05) is 5.32 Å². The van der Waals surface area contributed by atoms with Crippen LogP contribution < -0.4 is 10.1 Å². The lowest BCUT2D eigenvalue weighted by Crippen LogP contribution is -2.10. The fraction of sp³-hybridized carbons (Fsp3) is 0.217. The van der Waals surface area contributed by atoms with Gasteiger partial charge in [-0.1, -0.05) is 0 Å². The third kappa shape index (κ3) is 3.70. The van der Waals surface area contributed by atoms with E-state index in [9.17, 15) is 18.4 Å². The van der Waals surface area contributed by atoms with Crippen molar-refractivity contribution in [1.82, 2.24) is 4.98 Å². The van der Waals surface area contributed by atoms with Crippen LogP contribution in [0.1, 0.15) is 41.4 Å². The molecule has 0 fully saturated rings. The summed E-state index contributed by atoms with van der Waals surface area (Å²) in [6.07, 6.45) is 1.96. The molecular formula is C23H20F2N2O3. The third-order valence-corrected chi connectivity index (χ3v) is 5.08. The van der Waals surface area contributed by atoms with Crippen LogP contribution in [0.5, 0.6) is 11.5 Å². The zero-order valence-electron chi connectivity index (χ0n) is 16.6. The molecule has 4 rings (SSSR count). The highest BCUT2D eigenvalue weighted by Crippen LogP contribution is 2.41. The number of aromatic nitrogens is 1. The molecule has 1 amide bonds. The maximum Gasteiger partial charge on any atom is 0.221 e. The van der Waals surface area contributed by atoms with E-state index in [0.29, 0.717) is 34.7 Å². The van der Waals surface area contributed by atoms with Crippen molar-refractivity contribution in [2.24, 2.45) is 0 Å². The summed E-state index contributed by atoms with van der Waals surface area (Å²) in [5, 5.41) is 2.72. The largest absolute Gasteiger partial charge is 0.454 e. The van der Waals surface area contributed by atoms with E-state index in [4.69, 9.17) is 4.74 Å². The fourth-order valence-corrected chi connectivity index (χ4v) is 3.86. The molecule has 0 radical (unpaired) electrons. The number of anilines is 1. The number of aryl methyl sites for hydroxylation is 1. The molecule has 0 atom stereocenters. The predicted molar refractivity (Wildman–Crippen MR) is 109 cm³/mol. The lowest BCUT2D eigenvalue weighted by molar-refractivity contribution is -0.114. The Hall–Kier alpha value is -3.48. The Labute approximate surface area is 172 Å². The Kier molecular flexibility index (Phi) is 5.11. The number of nitrogens with one attached hydrogen (secondary N) is 2. The number of H-pyrrole nitrogens is 1. The van der Waals surface area contributed by atoms with Crippen LogP contribution in [0.25, 0.3) is 11.3 Å². The van der Waals surface area contributed by atoms with E-state index in [1.807, 2.05) is 6.92 Å². The lowest BCUT2D eigenvalue weighted by atomic mass is 9.89. The van der Waals surface area contributed by atoms with Crippen molar-refractivity contribution < 1.29 is 23.1 Å². The van der Waals surface area contributed by atoms with Crippen LogP contribution in [0.2, 0.25) is 0 Å². The number of ether oxygens (including phenoxy) is 1. The van der Waals surface area contributed by atoms with E-state index >= 15 is 0 Å². The van der Waals surface area contributed by atoms with Crippen LogP contribution in [0.3, 0.4) is 0 Å². The Morgan fingerprint density at radius 3 is 2.60 bits per heavy atom. The molecule has 154 valence electrons. The summed E-state index contributed by atoms with van der Waals surface area (Å²) >= 11 is 0. The summed E-state index contributed by atoms with van der Waals surface area (Å²) in [5.41, 5.74) is 4.12. The van der Waals surface area contributed by atoms with Gasteiger partial charge in [0.05, 0.1) is 5.69 Å². The average Bonchev–Trinajstić information content (AvgIpc) is 3.02. The van der Waals surface area contributed by atoms with Crippen LogP contribution >= 0.6 is 0 Å². The van der Waals surface area contributed by atoms with Gasteiger partial charge in [0.2, 0.25) is 5.91 Å². The molecule has 0 saturated carbocycles. The molecule has 0 bridgehead atoms. The summed E-state index contributed by atoms with van der Waals surface area (Å²) in [6.45, 7) is 3.24. The van der Waals surface area contributed by atoms with Gasteiger partial charge < -0.3 is 15.0 Å². The van der Waals surface area contributed by atoms with Gasteiger partial charge >= 0.3 is 0 Å². The highest BCUT2D eigenvalue weighted by molar-refractivity contribution is 6.02. The number of fused-ring (bicyclic) bond motifs is 1. The van der Waals surface area contributed by atoms with E-state index < -0.39 is 11.6 Å².